The zero-order valence-electron chi connectivity index (χ0n) is 10.1. The second-order valence-electron chi connectivity index (χ2n) is 4.91. The van der Waals surface area contributed by atoms with E-state index in [1.807, 2.05) is 0 Å². The number of hydrogen-bond donors (Lipinski definition) is 0. The highest BCUT2D eigenvalue weighted by atomic mass is 79.9. The molecule has 1 aliphatic heterocycles. The van der Waals surface area contributed by atoms with Crippen molar-refractivity contribution in [2.75, 3.05) is 18.5 Å². The Labute approximate surface area is 103 Å². The number of halogens is 1. The quantitative estimate of drug-likeness (QED) is 0.490. The molecule has 1 aliphatic rings. The van der Waals surface area contributed by atoms with Crippen molar-refractivity contribution in [1.29, 1.82) is 0 Å². The van der Waals surface area contributed by atoms with Crippen LogP contribution in [-0.2, 0) is 4.74 Å². The van der Waals surface area contributed by atoms with Crippen LogP contribution in [0.1, 0.15) is 58.3 Å². The van der Waals surface area contributed by atoms with Crippen LogP contribution in [0.4, 0.5) is 0 Å². The van der Waals surface area contributed by atoms with E-state index in [2.05, 4.69) is 22.9 Å². The zero-order valence-corrected chi connectivity index (χ0v) is 11.7. The lowest BCUT2D eigenvalue weighted by molar-refractivity contribution is 0.0216. The molecule has 1 heterocycles. The van der Waals surface area contributed by atoms with Gasteiger partial charge < -0.3 is 4.74 Å². The molecule has 1 rings (SSSR count). The van der Waals surface area contributed by atoms with E-state index < -0.39 is 0 Å². The van der Waals surface area contributed by atoms with Gasteiger partial charge in [-0.1, -0.05) is 55.0 Å². The van der Waals surface area contributed by atoms with Crippen LogP contribution in [0, 0.1) is 5.41 Å². The Hall–Kier alpha value is 0.440. The van der Waals surface area contributed by atoms with Crippen LogP contribution < -0.4 is 0 Å². The number of ether oxygens (including phenoxy) is 1. The maximum absolute atomic E-state index is 5.45. The monoisotopic (exact) mass is 276 g/mol. The van der Waals surface area contributed by atoms with Gasteiger partial charge in [0.2, 0.25) is 0 Å². The predicted octanol–water partition coefficient (Wildman–Crippen LogP) is 4.54. The van der Waals surface area contributed by atoms with Crippen molar-refractivity contribution >= 4 is 15.9 Å². The third kappa shape index (κ3) is 4.86. The predicted molar refractivity (Wildman–Crippen MR) is 69.7 cm³/mol. The van der Waals surface area contributed by atoms with Gasteiger partial charge >= 0.3 is 0 Å². The van der Waals surface area contributed by atoms with Crippen LogP contribution >= 0.6 is 15.9 Å². The topological polar surface area (TPSA) is 9.23 Å². The minimum atomic E-state index is 0.560. The van der Waals surface area contributed by atoms with Crippen LogP contribution in [0.25, 0.3) is 0 Å². The highest BCUT2D eigenvalue weighted by Gasteiger charge is 2.30. The van der Waals surface area contributed by atoms with Gasteiger partial charge in [0, 0.05) is 18.5 Å². The minimum absolute atomic E-state index is 0.560. The molecule has 0 aromatic carbocycles. The number of hydrogen-bond acceptors (Lipinski definition) is 1. The summed E-state index contributed by atoms with van der Waals surface area (Å²) in [7, 11) is 0. The molecule has 90 valence electrons. The molecule has 0 radical (unpaired) electrons. The van der Waals surface area contributed by atoms with Crippen molar-refractivity contribution in [2.45, 2.75) is 58.3 Å². The Morgan fingerprint density at radius 3 is 2.33 bits per heavy atom. The summed E-state index contributed by atoms with van der Waals surface area (Å²) in [6.45, 7) is 4.22. The molecule has 1 saturated heterocycles. The van der Waals surface area contributed by atoms with Crippen LogP contribution in [0.2, 0.25) is 0 Å². The average molecular weight is 277 g/mol. The standard InChI is InChI=1S/C13H25BrO/c1-2-3-4-5-6-7-13(12-14)8-10-15-11-9-13/h2-12H2,1H3. The molecular weight excluding hydrogens is 252 g/mol. The first-order chi connectivity index (χ1) is 7.33. The number of rotatable bonds is 7. The molecule has 0 saturated carbocycles. The van der Waals surface area contributed by atoms with Crippen LogP contribution in [0.15, 0.2) is 0 Å². The molecule has 0 aromatic rings. The van der Waals surface area contributed by atoms with Crippen molar-refractivity contribution in [1.82, 2.24) is 0 Å². The lowest BCUT2D eigenvalue weighted by Crippen LogP contribution is -2.31. The highest BCUT2D eigenvalue weighted by molar-refractivity contribution is 9.09. The van der Waals surface area contributed by atoms with Gasteiger partial charge in [-0.05, 0) is 24.7 Å². The first-order valence-electron chi connectivity index (χ1n) is 6.47. The van der Waals surface area contributed by atoms with Gasteiger partial charge in [0.25, 0.3) is 0 Å². The molecular formula is C13H25BrO. The van der Waals surface area contributed by atoms with Crippen molar-refractivity contribution in [3.8, 4) is 0 Å². The van der Waals surface area contributed by atoms with Gasteiger partial charge in [0.05, 0.1) is 0 Å². The summed E-state index contributed by atoms with van der Waals surface area (Å²) in [5.41, 5.74) is 0.560. The summed E-state index contributed by atoms with van der Waals surface area (Å²) in [5.74, 6) is 0. The zero-order chi connectivity index (χ0) is 11.0. The maximum Gasteiger partial charge on any atom is 0.0471 e. The number of unbranched alkanes of at least 4 members (excludes halogenated alkanes) is 4. The Bertz CT molecular complexity index is 153. The van der Waals surface area contributed by atoms with Crippen LogP contribution in [0.3, 0.4) is 0 Å². The second kappa shape index (κ2) is 7.67. The molecule has 2 heteroatoms. The smallest absolute Gasteiger partial charge is 0.0471 e. The normalized spacial score (nSPS) is 20.4. The molecule has 0 aliphatic carbocycles. The third-order valence-electron chi connectivity index (χ3n) is 3.65. The van der Waals surface area contributed by atoms with E-state index in [0.29, 0.717) is 5.41 Å². The molecule has 0 unspecified atom stereocenters. The highest BCUT2D eigenvalue weighted by Crippen LogP contribution is 2.37. The SMILES string of the molecule is CCCCCCCC1(CBr)CCOCC1. The summed E-state index contributed by atoms with van der Waals surface area (Å²) in [6.07, 6.45) is 10.9. The molecule has 0 spiro atoms. The Morgan fingerprint density at radius 2 is 1.73 bits per heavy atom. The fraction of sp³-hybridized carbons (Fsp3) is 1.00. The van der Waals surface area contributed by atoms with E-state index in [9.17, 15) is 0 Å². The molecule has 1 fully saturated rings. The van der Waals surface area contributed by atoms with Crippen molar-refractivity contribution in [2.24, 2.45) is 5.41 Å². The van der Waals surface area contributed by atoms with E-state index in [1.165, 1.54) is 51.4 Å². The van der Waals surface area contributed by atoms with Gasteiger partial charge in [-0.3, -0.25) is 0 Å². The summed E-state index contributed by atoms with van der Waals surface area (Å²) in [6, 6.07) is 0. The Kier molecular flexibility index (Phi) is 6.91. The molecule has 0 N–H and O–H groups in total. The maximum atomic E-state index is 5.45. The van der Waals surface area contributed by atoms with E-state index >= 15 is 0 Å². The van der Waals surface area contributed by atoms with E-state index in [-0.39, 0.29) is 0 Å². The fourth-order valence-electron chi connectivity index (χ4n) is 2.36. The van der Waals surface area contributed by atoms with E-state index in [4.69, 9.17) is 4.74 Å². The van der Waals surface area contributed by atoms with Crippen molar-refractivity contribution in [3.63, 3.8) is 0 Å². The lowest BCUT2D eigenvalue weighted by atomic mass is 9.78. The lowest BCUT2D eigenvalue weighted by Gasteiger charge is -2.35. The average Bonchev–Trinajstić information content (AvgIpc) is 2.30. The third-order valence-corrected chi connectivity index (χ3v) is 4.84. The summed E-state index contributed by atoms with van der Waals surface area (Å²) >= 11 is 3.70. The molecule has 15 heavy (non-hydrogen) atoms. The minimum Gasteiger partial charge on any atom is -0.381 e. The van der Waals surface area contributed by atoms with Gasteiger partial charge in [0.15, 0.2) is 0 Å². The van der Waals surface area contributed by atoms with Crippen molar-refractivity contribution < 1.29 is 4.74 Å². The summed E-state index contributed by atoms with van der Waals surface area (Å²) < 4.78 is 5.45. The van der Waals surface area contributed by atoms with Crippen LogP contribution in [0.5, 0.6) is 0 Å². The first-order valence-corrected chi connectivity index (χ1v) is 7.59. The largest absolute Gasteiger partial charge is 0.381 e. The Morgan fingerprint density at radius 1 is 1.07 bits per heavy atom. The van der Waals surface area contributed by atoms with Gasteiger partial charge in [-0.15, -0.1) is 0 Å². The summed E-state index contributed by atoms with van der Waals surface area (Å²) in [5, 5.41) is 1.16. The van der Waals surface area contributed by atoms with Crippen LogP contribution in [-0.4, -0.2) is 18.5 Å². The van der Waals surface area contributed by atoms with Gasteiger partial charge in [-0.25, -0.2) is 0 Å². The van der Waals surface area contributed by atoms with Gasteiger partial charge in [0.1, 0.15) is 0 Å². The molecule has 0 amide bonds. The van der Waals surface area contributed by atoms with E-state index in [1.54, 1.807) is 0 Å². The molecule has 0 aromatic heterocycles. The number of alkyl halides is 1. The van der Waals surface area contributed by atoms with Gasteiger partial charge in [-0.2, -0.15) is 0 Å². The molecule has 0 atom stereocenters. The Balaban J connectivity index is 2.15. The van der Waals surface area contributed by atoms with E-state index in [0.717, 1.165) is 18.5 Å². The summed E-state index contributed by atoms with van der Waals surface area (Å²) in [4.78, 5) is 0. The first kappa shape index (κ1) is 13.5. The molecule has 0 bridgehead atoms. The molecule has 1 nitrogen and oxygen atoms in total. The second-order valence-corrected chi connectivity index (χ2v) is 5.47. The fourth-order valence-corrected chi connectivity index (χ4v) is 3.20. The van der Waals surface area contributed by atoms with Crippen molar-refractivity contribution in [3.05, 3.63) is 0 Å².